The van der Waals surface area contributed by atoms with E-state index in [4.69, 9.17) is 4.74 Å². The number of ether oxygens (including phenoxy) is 1. The van der Waals surface area contributed by atoms with E-state index in [1.807, 2.05) is 41.0 Å². The molecule has 2 bridgehead atoms. The first-order valence-electron chi connectivity index (χ1n) is 14.2. The van der Waals surface area contributed by atoms with Gasteiger partial charge >= 0.3 is 6.09 Å². The van der Waals surface area contributed by atoms with Crippen molar-refractivity contribution in [1.82, 2.24) is 40.6 Å². The number of benzene rings is 1. The summed E-state index contributed by atoms with van der Waals surface area (Å²) in [5.74, 6) is 0.553. The van der Waals surface area contributed by atoms with Crippen molar-refractivity contribution < 1.29 is 19.1 Å². The Morgan fingerprint density at radius 3 is 2.76 bits per heavy atom. The average Bonchev–Trinajstić information content (AvgIpc) is 3.36. The number of fused-ring (bicyclic) bond motifs is 3. The Balaban J connectivity index is 1.17. The minimum atomic E-state index is -0.926. The lowest BCUT2D eigenvalue weighted by Gasteiger charge is -2.39. The SMILES string of the molecule is C[C@@H](c1cccc(-c2nn[nH]n2)c1)N1C(=O)[C@H]2C[C@@H]1CN2C[C@H](NC(=O)OC(C)(C)C)C(=O)N1[C@H](C#N)C[C@@H]2C[C@@H]21. The molecule has 1 saturated carbocycles. The molecule has 41 heavy (non-hydrogen) atoms. The maximum Gasteiger partial charge on any atom is 0.408 e. The zero-order valence-corrected chi connectivity index (χ0v) is 23.6. The summed E-state index contributed by atoms with van der Waals surface area (Å²) in [6, 6.07) is 8.06. The van der Waals surface area contributed by atoms with E-state index in [1.54, 1.807) is 25.7 Å². The van der Waals surface area contributed by atoms with Crippen LogP contribution in [0.1, 0.15) is 58.6 Å². The van der Waals surface area contributed by atoms with Crippen molar-refractivity contribution in [3.63, 3.8) is 0 Å². The smallest absolute Gasteiger partial charge is 0.408 e. The van der Waals surface area contributed by atoms with E-state index in [9.17, 15) is 19.6 Å². The molecule has 0 unspecified atom stereocenters. The summed E-state index contributed by atoms with van der Waals surface area (Å²) >= 11 is 0. The van der Waals surface area contributed by atoms with Crippen molar-refractivity contribution in [3.8, 4) is 17.5 Å². The number of amides is 3. The van der Waals surface area contributed by atoms with Crippen molar-refractivity contribution in [3.05, 3.63) is 29.8 Å². The van der Waals surface area contributed by atoms with Crippen molar-refractivity contribution in [2.75, 3.05) is 13.1 Å². The van der Waals surface area contributed by atoms with Gasteiger partial charge in [0.25, 0.3) is 0 Å². The van der Waals surface area contributed by atoms with Crippen LogP contribution in [-0.4, -0.2) is 102 Å². The van der Waals surface area contributed by atoms with Gasteiger partial charge in [0.1, 0.15) is 17.7 Å². The van der Waals surface area contributed by atoms with Crippen LogP contribution in [0.3, 0.4) is 0 Å². The number of hydrogen-bond acceptors (Lipinski definition) is 9. The fourth-order valence-corrected chi connectivity index (χ4v) is 6.72. The number of nitrogens with zero attached hydrogens (tertiary/aromatic N) is 7. The number of aromatic nitrogens is 4. The number of aromatic amines is 1. The number of hydrogen-bond donors (Lipinski definition) is 2. The van der Waals surface area contributed by atoms with Crippen LogP contribution in [0, 0.1) is 17.2 Å². The van der Waals surface area contributed by atoms with Gasteiger partial charge in [-0.1, -0.05) is 18.2 Å². The van der Waals surface area contributed by atoms with Crippen LogP contribution >= 0.6 is 0 Å². The Kier molecular flexibility index (Phi) is 6.68. The van der Waals surface area contributed by atoms with Gasteiger partial charge in [-0.3, -0.25) is 14.5 Å². The summed E-state index contributed by atoms with van der Waals surface area (Å²) in [5.41, 5.74) is 1.05. The summed E-state index contributed by atoms with van der Waals surface area (Å²) < 4.78 is 5.46. The molecule has 216 valence electrons. The molecule has 3 saturated heterocycles. The Morgan fingerprint density at radius 1 is 1.27 bits per heavy atom. The van der Waals surface area contributed by atoms with Gasteiger partial charge in [-0.05, 0) is 69.7 Å². The van der Waals surface area contributed by atoms with Crippen molar-refractivity contribution >= 4 is 17.9 Å². The normalized spacial score (nSPS) is 28.3. The quantitative estimate of drug-likeness (QED) is 0.512. The standard InChI is InChI=1S/C28H35N9O4/c1-15(16-6-5-7-17(8-16)24-31-33-34-32-24)36-20-11-23(26(36)39)35(13-20)14-21(30-27(40)41-28(2,3)4)25(38)37-19(12-29)9-18-10-22(18)37/h5-8,15,18-23H,9-11,13-14H2,1-4H3,(H,30,40)(H,31,32,33,34)/t15-,18+,19-,20+,21-,22-,23+/m0/s1. The third-order valence-electron chi connectivity index (χ3n) is 8.62. The largest absolute Gasteiger partial charge is 0.444 e. The number of nitrogens with one attached hydrogen (secondary N) is 2. The fourth-order valence-electron chi connectivity index (χ4n) is 6.72. The molecule has 2 aromatic rings. The third kappa shape index (κ3) is 5.12. The zero-order chi connectivity index (χ0) is 29.1. The molecule has 13 nitrogen and oxygen atoms in total. The molecule has 4 aliphatic rings. The van der Waals surface area contributed by atoms with E-state index in [0.29, 0.717) is 31.1 Å². The summed E-state index contributed by atoms with van der Waals surface area (Å²) in [5, 5.41) is 26.6. The topological polar surface area (TPSA) is 160 Å². The summed E-state index contributed by atoms with van der Waals surface area (Å²) in [7, 11) is 0. The monoisotopic (exact) mass is 561 g/mol. The van der Waals surface area contributed by atoms with E-state index >= 15 is 0 Å². The molecular formula is C28H35N9O4. The van der Waals surface area contributed by atoms with Gasteiger partial charge in [0.05, 0.1) is 18.2 Å². The molecule has 1 aromatic heterocycles. The summed E-state index contributed by atoms with van der Waals surface area (Å²) in [4.78, 5) is 45.8. The Morgan fingerprint density at radius 2 is 2.07 bits per heavy atom. The van der Waals surface area contributed by atoms with Crippen molar-refractivity contribution in [1.29, 1.82) is 5.26 Å². The molecule has 0 radical (unpaired) electrons. The van der Waals surface area contributed by atoms with Crippen LogP contribution in [0.4, 0.5) is 4.79 Å². The predicted molar refractivity (Wildman–Crippen MR) is 145 cm³/mol. The molecule has 7 atom stereocenters. The van der Waals surface area contributed by atoms with Gasteiger partial charge in [0.2, 0.25) is 17.6 Å². The van der Waals surface area contributed by atoms with E-state index in [-0.39, 0.29) is 36.5 Å². The Hall–Kier alpha value is -4.05. The van der Waals surface area contributed by atoms with Crippen molar-refractivity contribution in [2.45, 2.75) is 88.8 Å². The van der Waals surface area contributed by atoms with Crippen LogP contribution in [0.5, 0.6) is 0 Å². The minimum absolute atomic E-state index is 0.000474. The highest BCUT2D eigenvalue weighted by Gasteiger charge is 2.56. The van der Waals surface area contributed by atoms with Crippen LogP contribution in [0.2, 0.25) is 0 Å². The zero-order valence-electron chi connectivity index (χ0n) is 23.6. The molecule has 0 spiro atoms. The van der Waals surface area contributed by atoms with Gasteiger partial charge in [-0.25, -0.2) is 4.79 Å². The highest BCUT2D eigenvalue weighted by molar-refractivity contribution is 5.89. The minimum Gasteiger partial charge on any atom is -0.444 e. The second kappa shape index (κ2) is 10.1. The highest BCUT2D eigenvalue weighted by Crippen LogP contribution is 2.48. The molecule has 1 aliphatic carbocycles. The lowest BCUT2D eigenvalue weighted by atomic mass is 10.0. The van der Waals surface area contributed by atoms with Gasteiger partial charge in [0.15, 0.2) is 0 Å². The second-order valence-electron chi connectivity index (χ2n) is 12.5. The van der Waals surface area contributed by atoms with Gasteiger partial charge < -0.3 is 19.9 Å². The molecule has 6 rings (SSSR count). The lowest BCUT2D eigenvalue weighted by molar-refractivity contribution is -0.141. The molecule has 13 heteroatoms. The van der Waals surface area contributed by atoms with E-state index in [1.165, 1.54) is 0 Å². The molecule has 3 amide bonds. The van der Waals surface area contributed by atoms with Gasteiger partial charge in [-0.2, -0.15) is 10.5 Å². The fraction of sp³-hybridized carbons (Fsp3) is 0.607. The number of tetrazole rings is 1. The second-order valence-corrected chi connectivity index (χ2v) is 12.5. The van der Waals surface area contributed by atoms with E-state index in [0.717, 1.165) is 17.5 Å². The first-order valence-corrected chi connectivity index (χ1v) is 14.2. The lowest BCUT2D eigenvalue weighted by Crippen LogP contribution is -2.59. The van der Waals surface area contributed by atoms with Crippen LogP contribution in [0.15, 0.2) is 24.3 Å². The molecular weight excluding hydrogens is 526 g/mol. The van der Waals surface area contributed by atoms with Crippen LogP contribution in [0.25, 0.3) is 11.4 Å². The van der Waals surface area contributed by atoms with Gasteiger partial charge in [-0.15, -0.1) is 10.2 Å². The number of carbonyl (C=O) groups excluding carboxylic acids is 3. The number of alkyl carbamates (subject to hydrolysis) is 1. The van der Waals surface area contributed by atoms with E-state index in [2.05, 4.69) is 32.0 Å². The van der Waals surface area contributed by atoms with Crippen LogP contribution in [-0.2, 0) is 14.3 Å². The molecule has 4 heterocycles. The molecule has 4 fully saturated rings. The summed E-state index contributed by atoms with van der Waals surface area (Å²) in [6.07, 6.45) is 1.51. The average molecular weight is 562 g/mol. The molecule has 3 aliphatic heterocycles. The maximum atomic E-state index is 13.8. The number of piperidine rings is 1. The van der Waals surface area contributed by atoms with Crippen LogP contribution < -0.4 is 5.32 Å². The number of H-pyrrole nitrogens is 1. The highest BCUT2D eigenvalue weighted by atomic mass is 16.6. The molecule has 2 N–H and O–H groups in total. The summed E-state index contributed by atoms with van der Waals surface area (Å²) in [6.45, 7) is 8.05. The first kappa shape index (κ1) is 27.1. The Labute approximate surface area is 238 Å². The number of nitriles is 1. The first-order chi connectivity index (χ1) is 19.5. The maximum absolute atomic E-state index is 13.8. The van der Waals surface area contributed by atoms with Crippen molar-refractivity contribution in [2.24, 2.45) is 5.92 Å². The Bertz CT molecular complexity index is 1380. The molecule has 1 aromatic carbocycles. The predicted octanol–water partition coefficient (Wildman–Crippen LogP) is 1.62. The number of piperazine rings is 1. The van der Waals surface area contributed by atoms with Gasteiger partial charge in [0, 0.05) is 30.7 Å². The number of rotatable bonds is 7. The number of likely N-dealkylation sites (tertiary alicyclic amines) is 3. The number of carbonyl (C=O) groups is 3. The van der Waals surface area contributed by atoms with E-state index < -0.39 is 29.8 Å². The third-order valence-corrected chi connectivity index (χ3v) is 8.62.